The van der Waals surface area contributed by atoms with Crippen LogP contribution in [0.5, 0.6) is 0 Å². The van der Waals surface area contributed by atoms with Gasteiger partial charge in [0.05, 0.1) is 11.7 Å². The van der Waals surface area contributed by atoms with Gasteiger partial charge in [-0.05, 0) is 12.3 Å². The lowest BCUT2D eigenvalue weighted by atomic mass is 10.1. The third-order valence-corrected chi connectivity index (χ3v) is 3.51. The molecule has 2 heterocycles. The van der Waals surface area contributed by atoms with Crippen molar-refractivity contribution in [3.63, 3.8) is 0 Å². The predicted molar refractivity (Wildman–Crippen MR) is 74.1 cm³/mol. The molecule has 4 nitrogen and oxygen atoms in total. The molecule has 1 amide bonds. The molecule has 4 heteroatoms. The highest BCUT2D eigenvalue weighted by Gasteiger charge is 2.28. The van der Waals surface area contributed by atoms with Crippen LogP contribution in [0.2, 0.25) is 0 Å². The minimum atomic E-state index is -0.0505. The lowest BCUT2D eigenvalue weighted by molar-refractivity contribution is 0.0701. The number of rotatable bonds is 5. The van der Waals surface area contributed by atoms with Gasteiger partial charge >= 0.3 is 0 Å². The van der Waals surface area contributed by atoms with Gasteiger partial charge in [0.15, 0.2) is 0 Å². The second kappa shape index (κ2) is 6.04. The van der Waals surface area contributed by atoms with E-state index in [4.69, 9.17) is 4.52 Å². The molecule has 0 saturated heterocycles. The normalized spacial score (nSPS) is 18.5. The Bertz CT molecular complexity index is 462. The van der Waals surface area contributed by atoms with E-state index >= 15 is 0 Å². The zero-order chi connectivity index (χ0) is 13.8. The fraction of sp³-hybridized carbons (Fsp3) is 0.600. The SMILES string of the molecule is CCCCC1C=CCN1C(=O)c1cc(C(C)C)no1. The molecule has 104 valence electrons. The summed E-state index contributed by atoms with van der Waals surface area (Å²) < 4.78 is 5.18. The van der Waals surface area contributed by atoms with Crippen molar-refractivity contribution in [1.29, 1.82) is 0 Å². The number of hydrogen-bond donors (Lipinski definition) is 0. The molecule has 1 aliphatic heterocycles. The topological polar surface area (TPSA) is 46.3 Å². The van der Waals surface area contributed by atoms with Gasteiger partial charge in [-0.15, -0.1) is 0 Å². The van der Waals surface area contributed by atoms with E-state index in [1.807, 2.05) is 18.7 Å². The summed E-state index contributed by atoms with van der Waals surface area (Å²) in [6, 6.07) is 1.97. The molecule has 0 aliphatic carbocycles. The quantitative estimate of drug-likeness (QED) is 0.764. The minimum Gasteiger partial charge on any atom is -0.351 e. The summed E-state index contributed by atoms with van der Waals surface area (Å²) in [5, 5.41) is 3.95. The Morgan fingerprint density at radius 1 is 1.58 bits per heavy atom. The van der Waals surface area contributed by atoms with Crippen molar-refractivity contribution >= 4 is 5.91 Å². The number of unbranched alkanes of at least 4 members (excludes halogenated alkanes) is 1. The summed E-state index contributed by atoms with van der Waals surface area (Å²) >= 11 is 0. The van der Waals surface area contributed by atoms with Crippen molar-refractivity contribution < 1.29 is 9.32 Å². The Balaban J connectivity index is 2.05. The van der Waals surface area contributed by atoms with Crippen molar-refractivity contribution in [2.75, 3.05) is 6.54 Å². The van der Waals surface area contributed by atoms with Crippen LogP contribution in [0.4, 0.5) is 0 Å². The van der Waals surface area contributed by atoms with Gasteiger partial charge in [-0.2, -0.15) is 0 Å². The van der Waals surface area contributed by atoms with Gasteiger partial charge in [0.25, 0.3) is 5.91 Å². The third kappa shape index (κ3) is 3.06. The van der Waals surface area contributed by atoms with Crippen molar-refractivity contribution in [1.82, 2.24) is 10.1 Å². The van der Waals surface area contributed by atoms with Crippen LogP contribution in [0.3, 0.4) is 0 Å². The zero-order valence-electron chi connectivity index (χ0n) is 11.9. The molecular formula is C15H22N2O2. The van der Waals surface area contributed by atoms with Crippen LogP contribution in [0.1, 0.15) is 62.2 Å². The largest absolute Gasteiger partial charge is 0.351 e. The maximum atomic E-state index is 12.4. The molecule has 0 N–H and O–H groups in total. The fourth-order valence-electron chi connectivity index (χ4n) is 2.27. The van der Waals surface area contributed by atoms with Gasteiger partial charge in [0.2, 0.25) is 5.76 Å². The molecule has 0 aromatic carbocycles. The Morgan fingerprint density at radius 2 is 2.37 bits per heavy atom. The van der Waals surface area contributed by atoms with Gasteiger partial charge in [-0.25, -0.2) is 0 Å². The van der Waals surface area contributed by atoms with Gasteiger partial charge in [0.1, 0.15) is 0 Å². The predicted octanol–water partition coefficient (Wildman–Crippen LogP) is 3.37. The molecule has 0 radical (unpaired) electrons. The van der Waals surface area contributed by atoms with Crippen molar-refractivity contribution in [2.45, 2.75) is 52.0 Å². The number of nitrogens with zero attached hydrogens (tertiary/aromatic N) is 2. The molecule has 1 unspecified atom stereocenters. The molecule has 0 bridgehead atoms. The zero-order valence-corrected chi connectivity index (χ0v) is 11.9. The summed E-state index contributed by atoms with van der Waals surface area (Å²) in [6.07, 6.45) is 7.47. The number of amides is 1. The summed E-state index contributed by atoms with van der Waals surface area (Å²) in [7, 11) is 0. The second-order valence-electron chi connectivity index (χ2n) is 5.37. The third-order valence-electron chi connectivity index (χ3n) is 3.51. The standard InChI is InChI=1S/C15H22N2O2/c1-4-5-7-12-8-6-9-17(12)15(18)14-10-13(11(2)3)16-19-14/h6,8,10-12H,4-5,7,9H2,1-3H3. The monoisotopic (exact) mass is 262 g/mol. The molecule has 0 spiro atoms. The molecule has 1 aromatic rings. The van der Waals surface area contributed by atoms with Crippen LogP contribution in [0.25, 0.3) is 0 Å². The van der Waals surface area contributed by atoms with E-state index < -0.39 is 0 Å². The van der Waals surface area contributed by atoms with E-state index in [2.05, 4.69) is 24.2 Å². The summed E-state index contributed by atoms with van der Waals surface area (Å²) in [6.45, 7) is 6.91. The number of carbonyl (C=O) groups excluding carboxylic acids is 1. The average molecular weight is 262 g/mol. The van der Waals surface area contributed by atoms with Gasteiger partial charge in [-0.1, -0.05) is 50.9 Å². The number of carbonyl (C=O) groups is 1. The Kier molecular flexibility index (Phi) is 4.40. The van der Waals surface area contributed by atoms with Crippen LogP contribution in [-0.4, -0.2) is 28.6 Å². The van der Waals surface area contributed by atoms with E-state index in [1.54, 1.807) is 6.07 Å². The van der Waals surface area contributed by atoms with Crippen molar-refractivity contribution in [3.8, 4) is 0 Å². The molecule has 0 saturated carbocycles. The molecule has 0 fully saturated rings. The van der Waals surface area contributed by atoms with Gasteiger partial charge in [-0.3, -0.25) is 4.79 Å². The smallest absolute Gasteiger partial charge is 0.293 e. The van der Waals surface area contributed by atoms with Gasteiger partial charge < -0.3 is 9.42 Å². The highest BCUT2D eigenvalue weighted by Crippen LogP contribution is 2.21. The summed E-state index contributed by atoms with van der Waals surface area (Å²) in [5.74, 6) is 0.581. The first-order valence-electron chi connectivity index (χ1n) is 7.07. The summed E-state index contributed by atoms with van der Waals surface area (Å²) in [5.41, 5.74) is 0.834. The lowest BCUT2D eigenvalue weighted by Crippen LogP contribution is -2.35. The van der Waals surface area contributed by atoms with E-state index in [0.29, 0.717) is 12.3 Å². The molecule has 1 aromatic heterocycles. The van der Waals surface area contributed by atoms with Crippen LogP contribution >= 0.6 is 0 Å². The van der Waals surface area contributed by atoms with Crippen LogP contribution in [0.15, 0.2) is 22.7 Å². The first kappa shape index (κ1) is 13.8. The number of aromatic nitrogens is 1. The van der Waals surface area contributed by atoms with Crippen molar-refractivity contribution in [3.05, 3.63) is 29.7 Å². The Hall–Kier alpha value is -1.58. The van der Waals surface area contributed by atoms with E-state index in [0.717, 1.165) is 25.0 Å². The minimum absolute atomic E-state index is 0.0505. The molecule has 2 rings (SSSR count). The highest BCUT2D eigenvalue weighted by atomic mass is 16.5. The summed E-state index contributed by atoms with van der Waals surface area (Å²) in [4.78, 5) is 14.3. The van der Waals surface area contributed by atoms with Crippen molar-refractivity contribution in [2.24, 2.45) is 0 Å². The van der Waals surface area contributed by atoms with Crippen LogP contribution < -0.4 is 0 Å². The van der Waals surface area contributed by atoms with E-state index in [9.17, 15) is 4.79 Å². The maximum absolute atomic E-state index is 12.4. The average Bonchev–Trinajstić information content (AvgIpc) is 3.04. The van der Waals surface area contributed by atoms with Crippen LogP contribution in [-0.2, 0) is 0 Å². The fourth-order valence-corrected chi connectivity index (χ4v) is 2.27. The van der Waals surface area contributed by atoms with Crippen LogP contribution in [0, 0.1) is 0 Å². The lowest BCUT2D eigenvalue weighted by Gasteiger charge is -2.23. The highest BCUT2D eigenvalue weighted by molar-refractivity contribution is 5.92. The van der Waals surface area contributed by atoms with Gasteiger partial charge in [0, 0.05) is 12.6 Å². The maximum Gasteiger partial charge on any atom is 0.293 e. The molecule has 1 aliphatic rings. The molecule has 1 atom stereocenters. The Labute approximate surface area is 114 Å². The van der Waals surface area contributed by atoms with E-state index in [1.165, 1.54) is 0 Å². The number of hydrogen-bond acceptors (Lipinski definition) is 3. The van der Waals surface area contributed by atoms with E-state index in [-0.39, 0.29) is 17.9 Å². The second-order valence-corrected chi connectivity index (χ2v) is 5.37. The Morgan fingerprint density at radius 3 is 3.00 bits per heavy atom. The first-order chi connectivity index (χ1) is 9.13. The first-order valence-corrected chi connectivity index (χ1v) is 7.07. The molecule has 19 heavy (non-hydrogen) atoms. The molecular weight excluding hydrogens is 240 g/mol.